The Kier molecular flexibility index (Phi) is 5.55. The summed E-state index contributed by atoms with van der Waals surface area (Å²) in [5.74, 6) is 0.896. The van der Waals surface area contributed by atoms with Gasteiger partial charge < -0.3 is 19.5 Å². The van der Waals surface area contributed by atoms with Gasteiger partial charge in [-0.25, -0.2) is 0 Å². The average Bonchev–Trinajstić information content (AvgIpc) is 3.25. The maximum absolute atomic E-state index is 12.5. The number of nitrogens with zero attached hydrogens (tertiary/aromatic N) is 2. The van der Waals surface area contributed by atoms with E-state index < -0.39 is 0 Å². The molecule has 2 aromatic rings. The Morgan fingerprint density at radius 1 is 1.36 bits per heavy atom. The highest BCUT2D eigenvalue weighted by Crippen LogP contribution is 2.18. The van der Waals surface area contributed by atoms with E-state index >= 15 is 0 Å². The van der Waals surface area contributed by atoms with Crippen LogP contribution in [0.15, 0.2) is 34.1 Å². The molecule has 1 saturated heterocycles. The molecule has 134 valence electrons. The molecule has 1 fully saturated rings. The lowest BCUT2D eigenvalue weighted by atomic mass is 10.1. The number of carbonyl (C=O) groups is 2. The molecule has 2 amide bonds. The maximum Gasteiger partial charge on any atom is 0.287 e. The molecule has 0 saturated carbocycles. The third-order valence-corrected chi connectivity index (χ3v) is 4.99. The van der Waals surface area contributed by atoms with Gasteiger partial charge in [-0.05, 0) is 50.5 Å². The molecule has 25 heavy (non-hydrogen) atoms. The van der Waals surface area contributed by atoms with Gasteiger partial charge in [0.2, 0.25) is 0 Å². The SMILES string of the molecule is CN(C)Cc1ccc(C(=O)N[C@@H]2CCCN(C(=O)c3cccs3)C2)o1. The molecule has 7 heteroatoms. The summed E-state index contributed by atoms with van der Waals surface area (Å²) in [6.07, 6.45) is 1.75. The van der Waals surface area contributed by atoms with Crippen molar-refractivity contribution < 1.29 is 14.0 Å². The molecule has 0 spiro atoms. The fourth-order valence-electron chi connectivity index (χ4n) is 2.99. The van der Waals surface area contributed by atoms with Gasteiger partial charge in [-0.1, -0.05) is 6.07 Å². The van der Waals surface area contributed by atoms with Gasteiger partial charge in [0.05, 0.1) is 11.4 Å². The Balaban J connectivity index is 1.57. The molecule has 0 bridgehead atoms. The van der Waals surface area contributed by atoms with Gasteiger partial charge in [0.1, 0.15) is 5.76 Å². The van der Waals surface area contributed by atoms with E-state index in [0.29, 0.717) is 18.8 Å². The number of nitrogens with one attached hydrogen (secondary N) is 1. The zero-order valence-corrected chi connectivity index (χ0v) is 15.3. The van der Waals surface area contributed by atoms with E-state index in [1.165, 1.54) is 11.3 Å². The highest BCUT2D eigenvalue weighted by molar-refractivity contribution is 7.12. The molecule has 1 N–H and O–H groups in total. The van der Waals surface area contributed by atoms with E-state index in [2.05, 4.69) is 5.32 Å². The number of hydrogen-bond donors (Lipinski definition) is 1. The van der Waals surface area contributed by atoms with E-state index in [-0.39, 0.29) is 17.9 Å². The minimum Gasteiger partial charge on any atom is -0.455 e. The molecule has 1 atom stereocenters. The summed E-state index contributed by atoms with van der Waals surface area (Å²) in [4.78, 5) is 29.4. The van der Waals surface area contributed by atoms with Crippen LogP contribution in [0.4, 0.5) is 0 Å². The predicted octanol–water partition coefficient (Wildman–Crippen LogP) is 2.44. The number of amides is 2. The smallest absolute Gasteiger partial charge is 0.287 e. The first-order chi connectivity index (χ1) is 12.0. The molecule has 3 rings (SSSR count). The van der Waals surface area contributed by atoms with Crippen molar-refractivity contribution in [1.29, 1.82) is 0 Å². The van der Waals surface area contributed by atoms with E-state index in [4.69, 9.17) is 4.42 Å². The van der Waals surface area contributed by atoms with E-state index in [1.54, 1.807) is 6.07 Å². The van der Waals surface area contributed by atoms with Gasteiger partial charge in [-0.3, -0.25) is 9.59 Å². The molecule has 0 radical (unpaired) electrons. The third kappa shape index (κ3) is 4.49. The lowest BCUT2D eigenvalue weighted by molar-refractivity contribution is 0.0676. The normalized spacial score (nSPS) is 17.7. The number of likely N-dealkylation sites (tertiary alicyclic amines) is 1. The number of thiophene rings is 1. The monoisotopic (exact) mass is 361 g/mol. The van der Waals surface area contributed by atoms with Crippen molar-refractivity contribution in [2.45, 2.75) is 25.4 Å². The minimum absolute atomic E-state index is 0.0419. The third-order valence-electron chi connectivity index (χ3n) is 4.13. The lowest BCUT2D eigenvalue weighted by Crippen LogP contribution is -2.49. The van der Waals surface area contributed by atoms with Crippen LogP contribution in [0.25, 0.3) is 0 Å². The van der Waals surface area contributed by atoms with Gasteiger partial charge in [0.25, 0.3) is 11.8 Å². The number of hydrogen-bond acceptors (Lipinski definition) is 5. The van der Waals surface area contributed by atoms with Crippen LogP contribution in [0, 0.1) is 0 Å². The predicted molar refractivity (Wildman–Crippen MR) is 96.8 cm³/mol. The lowest BCUT2D eigenvalue weighted by Gasteiger charge is -2.32. The standard InChI is InChI=1S/C18H23N3O3S/c1-20(2)12-14-7-8-15(24-14)17(22)19-13-5-3-9-21(11-13)18(23)16-6-4-10-25-16/h4,6-8,10,13H,3,5,9,11-12H2,1-2H3,(H,19,22)/t13-/m1/s1. The van der Waals surface area contributed by atoms with Gasteiger partial charge >= 0.3 is 0 Å². The molecular weight excluding hydrogens is 338 g/mol. The fraction of sp³-hybridized carbons (Fsp3) is 0.444. The first kappa shape index (κ1) is 17.7. The Morgan fingerprint density at radius 3 is 2.92 bits per heavy atom. The van der Waals surface area contributed by atoms with Crippen molar-refractivity contribution in [3.63, 3.8) is 0 Å². The molecule has 1 aliphatic rings. The summed E-state index contributed by atoms with van der Waals surface area (Å²) in [6, 6.07) is 7.19. The van der Waals surface area contributed by atoms with Crippen LogP contribution in [0.5, 0.6) is 0 Å². The first-order valence-corrected chi connectivity index (χ1v) is 9.28. The second kappa shape index (κ2) is 7.84. The van der Waals surface area contributed by atoms with E-state index in [0.717, 1.165) is 30.0 Å². The summed E-state index contributed by atoms with van der Waals surface area (Å²) in [7, 11) is 3.90. The van der Waals surface area contributed by atoms with Crippen LogP contribution in [-0.2, 0) is 6.54 Å². The van der Waals surface area contributed by atoms with Crippen LogP contribution in [0.3, 0.4) is 0 Å². The van der Waals surface area contributed by atoms with Crippen LogP contribution < -0.4 is 5.32 Å². The number of furan rings is 1. The highest BCUT2D eigenvalue weighted by Gasteiger charge is 2.26. The zero-order valence-electron chi connectivity index (χ0n) is 14.5. The van der Waals surface area contributed by atoms with Gasteiger partial charge in [-0.2, -0.15) is 0 Å². The Labute approximate surface area is 151 Å². The second-order valence-electron chi connectivity index (χ2n) is 6.54. The Morgan fingerprint density at radius 2 is 2.20 bits per heavy atom. The molecule has 0 aliphatic carbocycles. The number of rotatable bonds is 5. The van der Waals surface area contributed by atoms with Crippen molar-refractivity contribution >= 4 is 23.2 Å². The van der Waals surface area contributed by atoms with Crippen molar-refractivity contribution in [3.05, 3.63) is 46.0 Å². The number of piperidine rings is 1. The average molecular weight is 361 g/mol. The van der Waals surface area contributed by atoms with Crippen LogP contribution >= 0.6 is 11.3 Å². The molecule has 2 aromatic heterocycles. The topological polar surface area (TPSA) is 65.8 Å². The molecule has 1 aliphatic heterocycles. The highest BCUT2D eigenvalue weighted by atomic mass is 32.1. The molecular formula is C18H23N3O3S. The van der Waals surface area contributed by atoms with Crippen LogP contribution in [0.2, 0.25) is 0 Å². The molecule has 0 unspecified atom stereocenters. The zero-order chi connectivity index (χ0) is 17.8. The quantitative estimate of drug-likeness (QED) is 0.888. The van der Waals surface area contributed by atoms with Crippen LogP contribution in [-0.4, -0.2) is 54.8 Å². The molecule has 3 heterocycles. The Hall–Kier alpha value is -2.12. The first-order valence-electron chi connectivity index (χ1n) is 8.40. The summed E-state index contributed by atoms with van der Waals surface area (Å²) < 4.78 is 5.60. The second-order valence-corrected chi connectivity index (χ2v) is 7.49. The van der Waals surface area contributed by atoms with E-state index in [1.807, 2.05) is 47.5 Å². The van der Waals surface area contributed by atoms with Crippen molar-refractivity contribution in [2.24, 2.45) is 0 Å². The Bertz CT molecular complexity index is 724. The largest absolute Gasteiger partial charge is 0.455 e. The summed E-state index contributed by atoms with van der Waals surface area (Å²) >= 11 is 1.45. The van der Waals surface area contributed by atoms with Crippen molar-refractivity contribution in [1.82, 2.24) is 15.1 Å². The van der Waals surface area contributed by atoms with E-state index in [9.17, 15) is 9.59 Å². The number of carbonyl (C=O) groups excluding carboxylic acids is 2. The van der Waals surface area contributed by atoms with Crippen LogP contribution in [0.1, 0.15) is 38.8 Å². The van der Waals surface area contributed by atoms with Crippen molar-refractivity contribution in [2.75, 3.05) is 27.2 Å². The molecule has 6 nitrogen and oxygen atoms in total. The van der Waals surface area contributed by atoms with Gasteiger partial charge in [0.15, 0.2) is 5.76 Å². The molecule has 0 aromatic carbocycles. The fourth-order valence-corrected chi connectivity index (χ4v) is 3.68. The summed E-state index contributed by atoms with van der Waals surface area (Å²) in [5, 5.41) is 4.90. The summed E-state index contributed by atoms with van der Waals surface area (Å²) in [6.45, 7) is 1.92. The van der Waals surface area contributed by atoms with Gasteiger partial charge in [-0.15, -0.1) is 11.3 Å². The summed E-state index contributed by atoms with van der Waals surface area (Å²) in [5.41, 5.74) is 0. The van der Waals surface area contributed by atoms with Crippen molar-refractivity contribution in [3.8, 4) is 0 Å². The maximum atomic E-state index is 12.5. The van der Waals surface area contributed by atoms with Gasteiger partial charge in [0, 0.05) is 19.1 Å². The minimum atomic E-state index is -0.222.